The number of carbonyl (C=O) groups is 1. The first kappa shape index (κ1) is 18.4. The quantitative estimate of drug-likeness (QED) is 0.660. The first-order chi connectivity index (χ1) is 14.1. The summed E-state index contributed by atoms with van der Waals surface area (Å²) in [7, 11) is 0. The Kier molecular flexibility index (Phi) is 4.67. The zero-order valence-electron chi connectivity index (χ0n) is 16.3. The molecule has 29 heavy (non-hydrogen) atoms. The lowest BCUT2D eigenvalue weighted by Crippen LogP contribution is -2.54. The van der Waals surface area contributed by atoms with Gasteiger partial charge in [0.1, 0.15) is 5.69 Å². The lowest BCUT2D eigenvalue weighted by atomic mass is 9.72. The molecule has 2 aliphatic heterocycles. The Bertz CT molecular complexity index is 990. The van der Waals surface area contributed by atoms with Gasteiger partial charge in [-0.2, -0.15) is 4.98 Å². The highest BCUT2D eigenvalue weighted by molar-refractivity contribution is 7.07. The van der Waals surface area contributed by atoms with Gasteiger partial charge in [0.15, 0.2) is 5.82 Å². The molecule has 0 N–H and O–H groups in total. The van der Waals surface area contributed by atoms with Crippen LogP contribution in [0.2, 0.25) is 0 Å². The molecule has 1 aromatic carbocycles. The van der Waals surface area contributed by atoms with E-state index in [0.717, 1.165) is 38.4 Å². The van der Waals surface area contributed by atoms with Crippen molar-refractivity contribution in [1.29, 1.82) is 0 Å². The maximum absolute atomic E-state index is 13.0. The van der Waals surface area contributed by atoms with Gasteiger partial charge in [0.05, 0.1) is 10.9 Å². The van der Waals surface area contributed by atoms with E-state index in [9.17, 15) is 4.79 Å². The number of amides is 1. The van der Waals surface area contributed by atoms with Crippen LogP contribution in [0.3, 0.4) is 0 Å². The van der Waals surface area contributed by atoms with E-state index in [1.807, 2.05) is 23.3 Å². The number of thiazole rings is 1. The minimum Gasteiger partial charge on any atom is -0.340 e. The van der Waals surface area contributed by atoms with Gasteiger partial charge in [-0.1, -0.05) is 35.5 Å². The molecule has 3 aromatic rings. The van der Waals surface area contributed by atoms with Crippen LogP contribution in [0, 0.1) is 12.8 Å². The minimum atomic E-state index is -0.309. The predicted molar refractivity (Wildman–Crippen MR) is 109 cm³/mol. The molecular formula is C21H23N5O2S. The van der Waals surface area contributed by atoms with Crippen molar-refractivity contribution >= 4 is 17.2 Å². The van der Waals surface area contributed by atoms with Crippen molar-refractivity contribution in [2.24, 2.45) is 5.92 Å². The predicted octanol–water partition coefficient (Wildman–Crippen LogP) is 2.75. The molecule has 0 spiro atoms. The normalized spacial score (nSPS) is 24.6. The van der Waals surface area contributed by atoms with Crippen molar-refractivity contribution in [3.05, 3.63) is 64.2 Å². The van der Waals surface area contributed by atoms with E-state index in [4.69, 9.17) is 4.52 Å². The Balaban J connectivity index is 1.44. The Morgan fingerprint density at radius 3 is 2.90 bits per heavy atom. The van der Waals surface area contributed by atoms with Crippen LogP contribution in [0.25, 0.3) is 0 Å². The fourth-order valence-electron chi connectivity index (χ4n) is 4.80. The number of hydrogen-bond donors (Lipinski definition) is 0. The second-order valence-electron chi connectivity index (χ2n) is 8.03. The summed E-state index contributed by atoms with van der Waals surface area (Å²) in [5, 5.41) is 6.12. The molecule has 0 bridgehead atoms. The number of aryl methyl sites for hydroxylation is 1. The number of hydrogen-bond acceptors (Lipinski definition) is 7. The van der Waals surface area contributed by atoms with Gasteiger partial charge in [-0.15, -0.1) is 11.3 Å². The van der Waals surface area contributed by atoms with Gasteiger partial charge in [-0.3, -0.25) is 9.69 Å². The van der Waals surface area contributed by atoms with Crippen LogP contribution < -0.4 is 0 Å². The molecule has 5 rings (SSSR count). The first-order valence-electron chi connectivity index (χ1n) is 9.88. The topological polar surface area (TPSA) is 75.4 Å². The Hall–Kier alpha value is -2.58. The summed E-state index contributed by atoms with van der Waals surface area (Å²) in [5.41, 5.74) is 3.21. The molecule has 8 heteroatoms. The van der Waals surface area contributed by atoms with Gasteiger partial charge in [0, 0.05) is 45.0 Å². The van der Waals surface area contributed by atoms with Gasteiger partial charge in [-0.05, 0) is 17.9 Å². The largest absolute Gasteiger partial charge is 0.340 e. The van der Waals surface area contributed by atoms with Crippen LogP contribution in [0.15, 0.2) is 45.7 Å². The van der Waals surface area contributed by atoms with E-state index in [1.54, 1.807) is 5.51 Å². The van der Waals surface area contributed by atoms with Crippen molar-refractivity contribution in [1.82, 2.24) is 24.9 Å². The Labute approximate surface area is 173 Å². The number of rotatable bonds is 4. The Morgan fingerprint density at radius 1 is 1.31 bits per heavy atom. The summed E-state index contributed by atoms with van der Waals surface area (Å²) in [6, 6.07) is 10.5. The average Bonchev–Trinajstić information content (AvgIpc) is 3.47. The molecule has 0 radical (unpaired) electrons. The van der Waals surface area contributed by atoms with Crippen molar-refractivity contribution in [2.45, 2.75) is 25.3 Å². The van der Waals surface area contributed by atoms with E-state index < -0.39 is 0 Å². The lowest BCUT2D eigenvalue weighted by Gasteiger charge is -2.42. The van der Waals surface area contributed by atoms with Crippen LogP contribution in [-0.4, -0.2) is 57.0 Å². The summed E-state index contributed by atoms with van der Waals surface area (Å²) < 4.78 is 5.35. The number of benzene rings is 1. The zero-order chi connectivity index (χ0) is 19.8. The van der Waals surface area contributed by atoms with Crippen molar-refractivity contribution in [2.75, 3.05) is 26.2 Å². The molecule has 2 saturated heterocycles. The third kappa shape index (κ3) is 3.36. The molecule has 0 aliphatic carbocycles. The summed E-state index contributed by atoms with van der Waals surface area (Å²) in [4.78, 5) is 26.2. The molecule has 0 saturated carbocycles. The van der Waals surface area contributed by atoms with E-state index in [-0.39, 0.29) is 11.3 Å². The van der Waals surface area contributed by atoms with Gasteiger partial charge in [-0.25, -0.2) is 4.98 Å². The van der Waals surface area contributed by atoms with Gasteiger partial charge in [0.25, 0.3) is 5.91 Å². The fourth-order valence-corrected chi connectivity index (χ4v) is 5.32. The van der Waals surface area contributed by atoms with Crippen LogP contribution in [0.4, 0.5) is 0 Å². The minimum absolute atomic E-state index is 0.00852. The number of piperidine rings is 1. The van der Waals surface area contributed by atoms with E-state index in [2.05, 4.69) is 44.3 Å². The smallest absolute Gasteiger partial charge is 0.273 e. The van der Waals surface area contributed by atoms with Gasteiger partial charge in [0.2, 0.25) is 5.89 Å². The SMILES string of the molecule is Cc1nc([C@@]23CN(Cc4ccccc4)C[C@@H]2CCN(C(=O)c2cscn2)C3)no1. The van der Waals surface area contributed by atoms with Crippen molar-refractivity contribution < 1.29 is 9.32 Å². The molecule has 7 nitrogen and oxygen atoms in total. The van der Waals surface area contributed by atoms with Crippen LogP contribution in [0.1, 0.15) is 34.2 Å². The summed E-state index contributed by atoms with van der Waals surface area (Å²) in [6.45, 7) is 5.82. The highest BCUT2D eigenvalue weighted by Crippen LogP contribution is 2.44. The van der Waals surface area contributed by atoms with E-state index in [0.29, 0.717) is 24.0 Å². The molecule has 4 heterocycles. The van der Waals surface area contributed by atoms with Gasteiger partial charge >= 0.3 is 0 Å². The van der Waals surface area contributed by atoms with Crippen LogP contribution in [0.5, 0.6) is 0 Å². The number of carbonyl (C=O) groups excluding carboxylic acids is 1. The van der Waals surface area contributed by atoms with E-state index >= 15 is 0 Å². The first-order valence-corrected chi connectivity index (χ1v) is 10.8. The molecule has 2 aliphatic rings. The number of fused-ring (bicyclic) bond motifs is 1. The van der Waals surface area contributed by atoms with Gasteiger partial charge < -0.3 is 9.42 Å². The third-order valence-corrected chi connectivity index (χ3v) is 6.73. The standard InChI is InChI=1S/C21H23N5O2S/c1-15-23-20(24-28-15)21-12-25(9-16-5-3-2-4-6-16)10-17(21)7-8-26(13-21)19(27)18-11-29-14-22-18/h2-6,11,14,17H,7-10,12-13H2,1H3/t17-,21+/m0/s1. The molecular weight excluding hydrogens is 386 g/mol. The number of nitrogens with zero attached hydrogens (tertiary/aromatic N) is 5. The van der Waals surface area contributed by atoms with Crippen LogP contribution >= 0.6 is 11.3 Å². The molecule has 150 valence electrons. The molecule has 1 amide bonds. The maximum atomic E-state index is 13.0. The third-order valence-electron chi connectivity index (χ3n) is 6.15. The van der Waals surface area contributed by atoms with Crippen LogP contribution in [-0.2, 0) is 12.0 Å². The molecule has 2 atom stereocenters. The second kappa shape index (κ2) is 7.35. The highest BCUT2D eigenvalue weighted by atomic mass is 32.1. The number of aromatic nitrogens is 3. The molecule has 0 unspecified atom stereocenters. The Morgan fingerprint density at radius 2 is 2.17 bits per heavy atom. The molecule has 2 aromatic heterocycles. The average molecular weight is 410 g/mol. The summed E-state index contributed by atoms with van der Waals surface area (Å²) in [6.07, 6.45) is 0.925. The maximum Gasteiger partial charge on any atom is 0.273 e. The second-order valence-corrected chi connectivity index (χ2v) is 8.75. The summed E-state index contributed by atoms with van der Waals surface area (Å²) >= 11 is 1.45. The zero-order valence-corrected chi connectivity index (χ0v) is 17.1. The fraction of sp³-hybridized carbons (Fsp3) is 0.429. The molecule has 2 fully saturated rings. The van der Waals surface area contributed by atoms with Crippen molar-refractivity contribution in [3.63, 3.8) is 0 Å². The van der Waals surface area contributed by atoms with Crippen molar-refractivity contribution in [3.8, 4) is 0 Å². The monoisotopic (exact) mass is 409 g/mol. The lowest BCUT2D eigenvalue weighted by molar-refractivity contribution is 0.0569. The number of likely N-dealkylation sites (tertiary alicyclic amines) is 2. The van der Waals surface area contributed by atoms with E-state index in [1.165, 1.54) is 16.9 Å². The highest BCUT2D eigenvalue weighted by Gasteiger charge is 2.54. The summed E-state index contributed by atoms with van der Waals surface area (Å²) in [5.74, 6) is 1.68.